The van der Waals surface area contributed by atoms with Crippen molar-refractivity contribution in [3.05, 3.63) is 35.9 Å². The molecule has 5 heteroatoms. The van der Waals surface area contributed by atoms with Crippen LogP contribution in [0.2, 0.25) is 0 Å². The van der Waals surface area contributed by atoms with Crippen molar-refractivity contribution in [1.82, 2.24) is 4.90 Å². The van der Waals surface area contributed by atoms with Crippen LogP contribution in [0.25, 0.3) is 0 Å². The maximum absolute atomic E-state index is 11.6. The minimum atomic E-state index is -1.03. The van der Waals surface area contributed by atoms with Crippen molar-refractivity contribution >= 4 is 11.9 Å². The zero-order valence-electron chi connectivity index (χ0n) is 9.20. The van der Waals surface area contributed by atoms with E-state index in [1.54, 1.807) is 0 Å². The van der Waals surface area contributed by atoms with Crippen LogP contribution >= 0.6 is 0 Å². The van der Waals surface area contributed by atoms with Gasteiger partial charge in [0.1, 0.15) is 6.61 Å². The van der Waals surface area contributed by atoms with Crippen molar-refractivity contribution in [2.45, 2.75) is 12.6 Å². The lowest BCUT2D eigenvalue weighted by Crippen LogP contribution is -2.49. The fraction of sp³-hybridized carbons (Fsp3) is 0.333. The number of aliphatic carboxylic acids is 1. The Morgan fingerprint density at radius 3 is 2.76 bits per heavy atom. The van der Waals surface area contributed by atoms with E-state index in [0.717, 1.165) is 5.56 Å². The Hall–Kier alpha value is -1.88. The van der Waals surface area contributed by atoms with Crippen molar-refractivity contribution in [1.29, 1.82) is 0 Å². The molecule has 1 saturated heterocycles. The summed E-state index contributed by atoms with van der Waals surface area (Å²) in [6.07, 6.45) is -0.920. The third-order valence-corrected chi connectivity index (χ3v) is 2.64. The summed E-state index contributed by atoms with van der Waals surface area (Å²) in [6.45, 7) is 0.361. The predicted molar refractivity (Wildman–Crippen MR) is 59.2 cm³/mol. The Balaban J connectivity index is 2.04. The second-order valence-corrected chi connectivity index (χ2v) is 3.90. The Morgan fingerprint density at radius 2 is 2.12 bits per heavy atom. The lowest BCUT2D eigenvalue weighted by atomic mass is 10.2. The first-order chi connectivity index (χ1) is 8.16. The first-order valence-electron chi connectivity index (χ1n) is 5.33. The topological polar surface area (TPSA) is 66.8 Å². The van der Waals surface area contributed by atoms with E-state index in [0.29, 0.717) is 6.54 Å². The Labute approximate surface area is 98.6 Å². The molecule has 17 heavy (non-hydrogen) atoms. The van der Waals surface area contributed by atoms with Gasteiger partial charge >= 0.3 is 5.97 Å². The molecular weight excluding hydrogens is 222 g/mol. The van der Waals surface area contributed by atoms with Gasteiger partial charge in [0.25, 0.3) is 0 Å². The highest BCUT2D eigenvalue weighted by molar-refractivity contribution is 5.81. The molecule has 0 aromatic heterocycles. The molecule has 0 bridgehead atoms. The molecule has 1 atom stereocenters. The number of amides is 1. The van der Waals surface area contributed by atoms with Crippen LogP contribution in [0.4, 0.5) is 0 Å². The summed E-state index contributed by atoms with van der Waals surface area (Å²) < 4.78 is 4.93. The van der Waals surface area contributed by atoms with Gasteiger partial charge in [-0.3, -0.25) is 4.79 Å². The van der Waals surface area contributed by atoms with Crippen LogP contribution in [0.15, 0.2) is 30.3 Å². The molecule has 0 spiro atoms. The Morgan fingerprint density at radius 1 is 1.41 bits per heavy atom. The first-order valence-corrected chi connectivity index (χ1v) is 5.33. The van der Waals surface area contributed by atoms with E-state index >= 15 is 0 Å². The highest BCUT2D eigenvalue weighted by atomic mass is 16.5. The average molecular weight is 235 g/mol. The number of morpholine rings is 1. The molecule has 0 unspecified atom stereocenters. The van der Waals surface area contributed by atoms with Crippen LogP contribution in [-0.2, 0) is 20.9 Å². The van der Waals surface area contributed by atoms with Crippen LogP contribution in [0.5, 0.6) is 0 Å². The van der Waals surface area contributed by atoms with Crippen LogP contribution in [-0.4, -0.2) is 41.1 Å². The number of carboxylic acids is 1. The number of carbonyl (C=O) groups excluding carboxylic acids is 1. The predicted octanol–water partition coefficient (Wildman–Crippen LogP) is 0.499. The second-order valence-electron chi connectivity index (χ2n) is 3.90. The van der Waals surface area contributed by atoms with Gasteiger partial charge in [-0.15, -0.1) is 0 Å². The van der Waals surface area contributed by atoms with Gasteiger partial charge in [0.2, 0.25) is 5.91 Å². The average Bonchev–Trinajstić information content (AvgIpc) is 2.33. The number of nitrogens with zero attached hydrogens (tertiary/aromatic N) is 1. The number of rotatable bonds is 3. The minimum Gasteiger partial charge on any atom is -0.479 e. The molecule has 1 aliphatic heterocycles. The molecule has 1 amide bonds. The monoisotopic (exact) mass is 235 g/mol. The summed E-state index contributed by atoms with van der Waals surface area (Å²) in [5.74, 6) is -1.21. The number of benzene rings is 1. The standard InChI is InChI=1S/C12H13NO4/c14-11-8-17-10(12(15)16)7-13(11)6-9-4-2-1-3-5-9/h1-5,10H,6-8H2,(H,15,16)/t10-/m1/s1. The van der Waals surface area contributed by atoms with Gasteiger partial charge in [0, 0.05) is 6.54 Å². The van der Waals surface area contributed by atoms with E-state index in [9.17, 15) is 9.59 Å². The van der Waals surface area contributed by atoms with Crippen LogP contribution in [0, 0.1) is 0 Å². The van der Waals surface area contributed by atoms with Crippen molar-refractivity contribution in [2.75, 3.05) is 13.2 Å². The first kappa shape index (κ1) is 11.6. The maximum Gasteiger partial charge on any atom is 0.334 e. The van der Waals surface area contributed by atoms with Crippen LogP contribution in [0.1, 0.15) is 5.56 Å². The van der Waals surface area contributed by atoms with Gasteiger partial charge in [-0.25, -0.2) is 4.79 Å². The van der Waals surface area contributed by atoms with Crippen molar-refractivity contribution < 1.29 is 19.4 Å². The summed E-state index contributed by atoms with van der Waals surface area (Å²) in [6, 6.07) is 9.46. The second kappa shape index (κ2) is 4.97. The molecule has 1 aromatic rings. The third kappa shape index (κ3) is 2.82. The summed E-state index contributed by atoms with van der Waals surface area (Å²) in [5.41, 5.74) is 0.979. The van der Waals surface area contributed by atoms with Gasteiger partial charge in [0.15, 0.2) is 6.10 Å². The van der Waals surface area contributed by atoms with E-state index in [1.165, 1.54) is 4.90 Å². The third-order valence-electron chi connectivity index (χ3n) is 2.64. The van der Waals surface area contributed by atoms with E-state index in [-0.39, 0.29) is 19.1 Å². The zero-order chi connectivity index (χ0) is 12.3. The molecule has 0 radical (unpaired) electrons. The molecule has 90 valence electrons. The number of carbonyl (C=O) groups is 2. The molecule has 1 heterocycles. The number of ether oxygens (including phenoxy) is 1. The zero-order valence-corrected chi connectivity index (χ0v) is 9.20. The van der Waals surface area contributed by atoms with Crippen molar-refractivity contribution in [3.63, 3.8) is 0 Å². The quantitative estimate of drug-likeness (QED) is 0.828. The lowest BCUT2D eigenvalue weighted by molar-refractivity contribution is -0.165. The molecule has 1 fully saturated rings. The number of carboxylic acid groups (broad SMARTS) is 1. The van der Waals surface area contributed by atoms with Gasteiger partial charge in [0.05, 0.1) is 6.54 Å². The van der Waals surface area contributed by atoms with Crippen molar-refractivity contribution in [2.24, 2.45) is 0 Å². The molecule has 2 rings (SSSR count). The molecule has 1 aliphatic rings. The fourth-order valence-corrected chi connectivity index (χ4v) is 1.72. The SMILES string of the molecule is O=C(O)[C@H]1CN(Cc2ccccc2)C(=O)CO1. The molecule has 5 nitrogen and oxygen atoms in total. The van der Waals surface area contributed by atoms with Crippen LogP contribution in [0.3, 0.4) is 0 Å². The molecule has 1 aromatic carbocycles. The van der Waals surface area contributed by atoms with E-state index in [1.807, 2.05) is 30.3 Å². The molecular formula is C12H13NO4. The Bertz CT molecular complexity index is 418. The number of hydrogen-bond donors (Lipinski definition) is 1. The van der Waals surface area contributed by atoms with Crippen molar-refractivity contribution in [3.8, 4) is 0 Å². The maximum atomic E-state index is 11.6. The summed E-state index contributed by atoms with van der Waals surface area (Å²) in [4.78, 5) is 23.9. The summed E-state index contributed by atoms with van der Waals surface area (Å²) >= 11 is 0. The minimum absolute atomic E-state index is 0.100. The van der Waals surface area contributed by atoms with E-state index in [4.69, 9.17) is 9.84 Å². The highest BCUT2D eigenvalue weighted by Crippen LogP contribution is 2.11. The largest absolute Gasteiger partial charge is 0.479 e. The molecule has 1 N–H and O–H groups in total. The smallest absolute Gasteiger partial charge is 0.334 e. The van der Waals surface area contributed by atoms with E-state index in [2.05, 4.69) is 0 Å². The highest BCUT2D eigenvalue weighted by Gasteiger charge is 2.30. The summed E-state index contributed by atoms with van der Waals surface area (Å²) in [7, 11) is 0. The number of hydrogen-bond acceptors (Lipinski definition) is 3. The van der Waals surface area contributed by atoms with Gasteiger partial charge in [-0.05, 0) is 5.56 Å². The summed E-state index contributed by atoms with van der Waals surface area (Å²) in [5, 5.41) is 8.85. The van der Waals surface area contributed by atoms with Gasteiger partial charge in [-0.1, -0.05) is 30.3 Å². The van der Waals surface area contributed by atoms with Gasteiger partial charge < -0.3 is 14.7 Å². The van der Waals surface area contributed by atoms with E-state index < -0.39 is 12.1 Å². The Kier molecular flexibility index (Phi) is 3.39. The molecule has 0 saturated carbocycles. The van der Waals surface area contributed by atoms with Crippen LogP contribution < -0.4 is 0 Å². The van der Waals surface area contributed by atoms with Gasteiger partial charge in [-0.2, -0.15) is 0 Å². The fourth-order valence-electron chi connectivity index (χ4n) is 1.72. The molecule has 0 aliphatic carbocycles. The lowest BCUT2D eigenvalue weighted by Gasteiger charge is -2.30. The normalized spacial score (nSPS) is 20.4.